The molecule has 1 N–H and O–H groups in total. The van der Waals surface area contributed by atoms with Crippen molar-refractivity contribution in [2.45, 2.75) is 34.1 Å². The smallest absolute Gasteiger partial charge is 0.321 e. The number of amides is 2. The topological polar surface area (TPSA) is 58.1 Å². The molecule has 0 spiro atoms. The minimum absolute atomic E-state index is 0.0282. The number of carbonyl (C=O) groups is 1. The fraction of sp³-hybridized carbons (Fsp3) is 0.500. The van der Waals surface area contributed by atoms with Crippen molar-refractivity contribution in [2.75, 3.05) is 18.4 Å². The molecule has 1 aliphatic rings. The fourth-order valence-electron chi connectivity index (χ4n) is 3.34. The van der Waals surface area contributed by atoms with E-state index in [1.807, 2.05) is 36.9 Å². The average molecular weight is 312 g/mol. The molecule has 5 heteroatoms. The molecule has 1 fully saturated rings. The summed E-state index contributed by atoms with van der Waals surface area (Å²) in [5.41, 5.74) is 4.29. The zero-order chi connectivity index (χ0) is 16.6. The van der Waals surface area contributed by atoms with Crippen LogP contribution in [-0.2, 0) is 0 Å². The Kier molecular flexibility index (Phi) is 4.20. The number of fused-ring (bicyclic) bond motifs is 1. The van der Waals surface area contributed by atoms with Gasteiger partial charge >= 0.3 is 6.03 Å². The standard InChI is InChI=1S/C18H24N4O/c1-11-7-12(2)10-22(9-11)18(23)21-15-5-6-16-17(8-15)20-14(4)13(3)19-16/h5-6,8,11-12H,7,9-10H2,1-4H3,(H,21,23). The molecule has 2 atom stereocenters. The Morgan fingerprint density at radius 3 is 2.35 bits per heavy atom. The van der Waals surface area contributed by atoms with Gasteiger partial charge in [-0.15, -0.1) is 0 Å². The number of likely N-dealkylation sites (tertiary alicyclic amines) is 1. The van der Waals surface area contributed by atoms with Crippen LogP contribution in [0, 0.1) is 25.7 Å². The Labute approximate surface area is 137 Å². The molecule has 3 rings (SSSR count). The second kappa shape index (κ2) is 6.14. The van der Waals surface area contributed by atoms with Gasteiger partial charge in [0.1, 0.15) is 0 Å². The third kappa shape index (κ3) is 3.44. The maximum Gasteiger partial charge on any atom is 0.321 e. The SMILES string of the molecule is Cc1nc2ccc(NC(=O)N3CC(C)CC(C)C3)cc2nc1C. The van der Waals surface area contributed by atoms with E-state index in [2.05, 4.69) is 29.1 Å². The second-order valence-electron chi connectivity index (χ2n) is 6.88. The van der Waals surface area contributed by atoms with E-state index in [0.717, 1.165) is 41.2 Å². The molecule has 1 aliphatic heterocycles. The van der Waals surface area contributed by atoms with Gasteiger partial charge in [0.2, 0.25) is 0 Å². The highest BCUT2D eigenvalue weighted by atomic mass is 16.2. The van der Waals surface area contributed by atoms with Crippen LogP contribution in [-0.4, -0.2) is 34.0 Å². The summed E-state index contributed by atoms with van der Waals surface area (Å²) in [6, 6.07) is 5.66. The van der Waals surface area contributed by atoms with E-state index in [9.17, 15) is 4.79 Å². The highest BCUT2D eigenvalue weighted by Crippen LogP contribution is 2.22. The number of carbonyl (C=O) groups excluding carboxylic acids is 1. The lowest BCUT2D eigenvalue weighted by molar-refractivity contribution is 0.156. The molecule has 1 aromatic carbocycles. The molecule has 2 heterocycles. The van der Waals surface area contributed by atoms with Crippen LogP contribution in [0.3, 0.4) is 0 Å². The maximum absolute atomic E-state index is 12.5. The number of aryl methyl sites for hydroxylation is 2. The van der Waals surface area contributed by atoms with Gasteiger partial charge in [-0.05, 0) is 50.3 Å². The van der Waals surface area contributed by atoms with E-state index in [1.165, 1.54) is 6.42 Å². The number of piperidine rings is 1. The van der Waals surface area contributed by atoms with Crippen LogP contribution in [0.1, 0.15) is 31.7 Å². The number of nitrogens with zero attached hydrogens (tertiary/aromatic N) is 3. The lowest BCUT2D eigenvalue weighted by atomic mass is 9.92. The van der Waals surface area contributed by atoms with E-state index >= 15 is 0 Å². The first-order valence-electron chi connectivity index (χ1n) is 8.23. The number of benzene rings is 1. The van der Waals surface area contributed by atoms with Gasteiger partial charge in [0.15, 0.2) is 0 Å². The lowest BCUT2D eigenvalue weighted by Gasteiger charge is -2.34. The van der Waals surface area contributed by atoms with Crippen LogP contribution in [0.25, 0.3) is 11.0 Å². The van der Waals surface area contributed by atoms with Crippen LogP contribution in [0.2, 0.25) is 0 Å². The zero-order valence-corrected chi connectivity index (χ0v) is 14.3. The van der Waals surface area contributed by atoms with Crippen molar-refractivity contribution in [1.82, 2.24) is 14.9 Å². The minimum Gasteiger partial charge on any atom is -0.324 e. The van der Waals surface area contributed by atoms with E-state index in [1.54, 1.807) is 0 Å². The van der Waals surface area contributed by atoms with Crippen LogP contribution in [0.5, 0.6) is 0 Å². The fourth-order valence-corrected chi connectivity index (χ4v) is 3.34. The van der Waals surface area contributed by atoms with Crippen LogP contribution < -0.4 is 5.32 Å². The summed E-state index contributed by atoms with van der Waals surface area (Å²) in [6.07, 6.45) is 1.19. The molecular formula is C18H24N4O. The predicted molar refractivity (Wildman–Crippen MR) is 92.5 cm³/mol. The molecule has 0 saturated carbocycles. The average Bonchev–Trinajstić information content (AvgIpc) is 2.47. The summed E-state index contributed by atoms with van der Waals surface area (Å²) in [6.45, 7) is 9.95. The molecule has 2 unspecified atom stereocenters. The number of aromatic nitrogens is 2. The van der Waals surface area contributed by atoms with Gasteiger partial charge in [-0.1, -0.05) is 13.8 Å². The van der Waals surface area contributed by atoms with E-state index < -0.39 is 0 Å². The monoisotopic (exact) mass is 312 g/mol. The van der Waals surface area contributed by atoms with Gasteiger partial charge in [-0.2, -0.15) is 0 Å². The summed E-state index contributed by atoms with van der Waals surface area (Å²) in [5, 5.41) is 3.00. The van der Waals surface area contributed by atoms with E-state index in [0.29, 0.717) is 11.8 Å². The number of anilines is 1. The van der Waals surface area contributed by atoms with Crippen LogP contribution in [0.4, 0.5) is 10.5 Å². The third-order valence-corrected chi connectivity index (χ3v) is 4.48. The van der Waals surface area contributed by atoms with Gasteiger partial charge in [-0.25, -0.2) is 14.8 Å². The van der Waals surface area contributed by atoms with Crippen LogP contribution in [0.15, 0.2) is 18.2 Å². The van der Waals surface area contributed by atoms with Crippen molar-refractivity contribution in [2.24, 2.45) is 11.8 Å². The zero-order valence-electron chi connectivity index (χ0n) is 14.3. The first-order chi connectivity index (χ1) is 10.9. The number of hydrogen-bond acceptors (Lipinski definition) is 3. The Morgan fingerprint density at radius 1 is 1.09 bits per heavy atom. The molecule has 1 aromatic heterocycles. The van der Waals surface area contributed by atoms with Crippen molar-refractivity contribution in [3.8, 4) is 0 Å². The van der Waals surface area contributed by atoms with Gasteiger partial charge in [0.05, 0.1) is 22.4 Å². The Balaban J connectivity index is 1.78. The van der Waals surface area contributed by atoms with Gasteiger partial charge in [0.25, 0.3) is 0 Å². The molecule has 2 amide bonds. The largest absolute Gasteiger partial charge is 0.324 e. The van der Waals surface area contributed by atoms with Crippen molar-refractivity contribution in [1.29, 1.82) is 0 Å². The molecule has 2 aromatic rings. The first-order valence-corrected chi connectivity index (χ1v) is 8.23. The minimum atomic E-state index is -0.0282. The van der Waals surface area contributed by atoms with Crippen molar-refractivity contribution < 1.29 is 4.79 Å². The number of nitrogens with one attached hydrogen (secondary N) is 1. The molecule has 122 valence electrons. The molecule has 23 heavy (non-hydrogen) atoms. The van der Waals surface area contributed by atoms with Gasteiger partial charge in [-0.3, -0.25) is 0 Å². The van der Waals surface area contributed by atoms with Crippen molar-refractivity contribution >= 4 is 22.8 Å². The van der Waals surface area contributed by atoms with Gasteiger partial charge in [0, 0.05) is 18.8 Å². The summed E-state index contributed by atoms with van der Waals surface area (Å²) < 4.78 is 0. The summed E-state index contributed by atoms with van der Waals surface area (Å²) in [7, 11) is 0. The second-order valence-corrected chi connectivity index (χ2v) is 6.88. The normalized spacial score (nSPS) is 21.5. The Bertz CT molecular complexity index is 733. The third-order valence-electron chi connectivity index (χ3n) is 4.48. The number of hydrogen-bond donors (Lipinski definition) is 1. The van der Waals surface area contributed by atoms with Gasteiger partial charge < -0.3 is 10.2 Å². The lowest BCUT2D eigenvalue weighted by Crippen LogP contribution is -2.44. The molecule has 0 bridgehead atoms. The molecule has 0 radical (unpaired) electrons. The van der Waals surface area contributed by atoms with Crippen molar-refractivity contribution in [3.05, 3.63) is 29.6 Å². The van der Waals surface area contributed by atoms with E-state index in [4.69, 9.17) is 0 Å². The quantitative estimate of drug-likeness (QED) is 0.872. The Hall–Kier alpha value is -2.17. The molecule has 1 saturated heterocycles. The predicted octanol–water partition coefficient (Wildman–Crippen LogP) is 3.76. The molecule has 5 nitrogen and oxygen atoms in total. The summed E-state index contributed by atoms with van der Waals surface area (Å²) >= 11 is 0. The Morgan fingerprint density at radius 2 is 1.70 bits per heavy atom. The van der Waals surface area contributed by atoms with Crippen molar-refractivity contribution in [3.63, 3.8) is 0 Å². The highest BCUT2D eigenvalue weighted by molar-refractivity contribution is 5.92. The highest BCUT2D eigenvalue weighted by Gasteiger charge is 2.25. The maximum atomic E-state index is 12.5. The molecule has 0 aliphatic carbocycles. The first kappa shape index (κ1) is 15.7. The number of urea groups is 1. The summed E-state index contributed by atoms with van der Waals surface area (Å²) in [5.74, 6) is 1.11. The summed E-state index contributed by atoms with van der Waals surface area (Å²) in [4.78, 5) is 23.5. The molecular weight excluding hydrogens is 288 g/mol. The number of rotatable bonds is 1. The van der Waals surface area contributed by atoms with Crippen LogP contribution >= 0.6 is 0 Å². The van der Waals surface area contributed by atoms with E-state index in [-0.39, 0.29) is 6.03 Å².